The SMILES string of the molecule is COc1ccc(-c2csc3ncn(C4CCNCC4)c(=O)c23)c(OC)c1. The van der Waals surface area contributed by atoms with E-state index >= 15 is 0 Å². The van der Waals surface area contributed by atoms with Gasteiger partial charge in [-0.1, -0.05) is 0 Å². The molecule has 136 valence electrons. The fourth-order valence-electron chi connectivity index (χ4n) is 3.51. The summed E-state index contributed by atoms with van der Waals surface area (Å²) in [6.45, 7) is 1.86. The number of aromatic nitrogens is 2. The largest absolute Gasteiger partial charge is 0.497 e. The number of hydrogen-bond acceptors (Lipinski definition) is 6. The molecule has 0 bridgehead atoms. The summed E-state index contributed by atoms with van der Waals surface area (Å²) in [4.78, 5) is 18.6. The first-order chi connectivity index (χ1) is 12.7. The Morgan fingerprint density at radius 1 is 1.19 bits per heavy atom. The third kappa shape index (κ3) is 2.87. The van der Waals surface area contributed by atoms with Crippen LogP contribution in [0.25, 0.3) is 21.3 Å². The fraction of sp³-hybridized carbons (Fsp3) is 0.368. The van der Waals surface area contributed by atoms with Crippen LogP contribution in [0.3, 0.4) is 0 Å². The minimum absolute atomic E-state index is 0.0241. The van der Waals surface area contributed by atoms with Gasteiger partial charge in [0.1, 0.15) is 16.3 Å². The van der Waals surface area contributed by atoms with E-state index in [0.717, 1.165) is 47.6 Å². The highest BCUT2D eigenvalue weighted by Gasteiger charge is 2.21. The van der Waals surface area contributed by atoms with Crippen LogP contribution in [0.4, 0.5) is 0 Å². The van der Waals surface area contributed by atoms with E-state index in [1.54, 1.807) is 25.1 Å². The highest BCUT2D eigenvalue weighted by Crippen LogP contribution is 2.38. The molecule has 3 heterocycles. The third-order valence-electron chi connectivity index (χ3n) is 4.92. The molecule has 6 nitrogen and oxygen atoms in total. The molecule has 1 aliphatic heterocycles. The molecule has 1 aromatic carbocycles. The summed E-state index contributed by atoms with van der Waals surface area (Å²) in [5.74, 6) is 1.40. The van der Waals surface area contributed by atoms with Crippen LogP contribution in [-0.2, 0) is 0 Å². The van der Waals surface area contributed by atoms with Crippen molar-refractivity contribution in [2.75, 3.05) is 27.3 Å². The molecule has 1 saturated heterocycles. The maximum absolute atomic E-state index is 13.2. The maximum atomic E-state index is 13.2. The van der Waals surface area contributed by atoms with Gasteiger partial charge in [0.25, 0.3) is 5.56 Å². The predicted octanol–water partition coefficient (Wildman–Crippen LogP) is 3.07. The van der Waals surface area contributed by atoms with Crippen LogP contribution in [0.15, 0.2) is 34.7 Å². The molecule has 0 spiro atoms. The van der Waals surface area contributed by atoms with Gasteiger partial charge in [0, 0.05) is 28.6 Å². The predicted molar refractivity (Wildman–Crippen MR) is 104 cm³/mol. The second kappa shape index (κ2) is 7.09. The van der Waals surface area contributed by atoms with Crippen LogP contribution in [0.1, 0.15) is 18.9 Å². The average molecular weight is 371 g/mol. The lowest BCUT2D eigenvalue weighted by Crippen LogP contribution is -2.34. The number of methoxy groups -OCH3 is 2. The minimum Gasteiger partial charge on any atom is -0.497 e. The standard InChI is InChI=1S/C19H21N3O3S/c1-24-13-3-4-14(16(9-13)25-2)15-10-26-18-17(15)19(23)22(11-21-18)12-5-7-20-8-6-12/h3-4,9-12,20H,5-8H2,1-2H3. The molecule has 0 amide bonds. The Morgan fingerprint density at radius 3 is 2.73 bits per heavy atom. The van der Waals surface area contributed by atoms with Crippen LogP contribution in [0.2, 0.25) is 0 Å². The van der Waals surface area contributed by atoms with Gasteiger partial charge in [-0.3, -0.25) is 9.36 Å². The normalized spacial score (nSPS) is 15.3. The highest BCUT2D eigenvalue weighted by atomic mass is 32.1. The van der Waals surface area contributed by atoms with Gasteiger partial charge >= 0.3 is 0 Å². The molecule has 1 aliphatic rings. The average Bonchev–Trinajstić information content (AvgIpc) is 3.13. The van der Waals surface area contributed by atoms with Crippen LogP contribution < -0.4 is 20.3 Å². The van der Waals surface area contributed by atoms with Crippen molar-refractivity contribution in [3.8, 4) is 22.6 Å². The molecular formula is C19H21N3O3S. The monoisotopic (exact) mass is 371 g/mol. The van der Waals surface area contributed by atoms with Crippen LogP contribution in [0.5, 0.6) is 11.5 Å². The van der Waals surface area contributed by atoms with Gasteiger partial charge in [-0.25, -0.2) is 4.98 Å². The Balaban J connectivity index is 1.88. The Kier molecular flexibility index (Phi) is 4.65. The van der Waals surface area contributed by atoms with Gasteiger partial charge in [0.15, 0.2) is 0 Å². The quantitative estimate of drug-likeness (QED) is 0.764. The van der Waals surface area contributed by atoms with Crippen molar-refractivity contribution in [2.24, 2.45) is 0 Å². The zero-order chi connectivity index (χ0) is 18.1. The van der Waals surface area contributed by atoms with Crippen molar-refractivity contribution >= 4 is 21.6 Å². The van der Waals surface area contributed by atoms with Crippen molar-refractivity contribution in [1.29, 1.82) is 0 Å². The summed E-state index contributed by atoms with van der Waals surface area (Å²) < 4.78 is 12.6. The first kappa shape index (κ1) is 17.1. The highest BCUT2D eigenvalue weighted by molar-refractivity contribution is 7.17. The van der Waals surface area contributed by atoms with Crippen LogP contribution >= 0.6 is 11.3 Å². The van der Waals surface area contributed by atoms with Crippen molar-refractivity contribution in [2.45, 2.75) is 18.9 Å². The van der Waals surface area contributed by atoms with E-state index in [1.807, 2.05) is 23.6 Å². The molecule has 0 unspecified atom stereocenters. The number of nitrogens with zero attached hydrogens (tertiary/aromatic N) is 2. The van der Waals surface area contributed by atoms with E-state index in [2.05, 4.69) is 10.3 Å². The molecule has 0 atom stereocenters. The molecule has 3 aromatic rings. The van der Waals surface area contributed by atoms with E-state index in [-0.39, 0.29) is 11.6 Å². The second-order valence-electron chi connectivity index (χ2n) is 6.33. The number of ether oxygens (including phenoxy) is 2. The number of hydrogen-bond donors (Lipinski definition) is 1. The van der Waals surface area contributed by atoms with Gasteiger partial charge in [0.05, 0.1) is 25.9 Å². The summed E-state index contributed by atoms with van der Waals surface area (Å²) in [5, 5.41) is 5.99. The first-order valence-electron chi connectivity index (χ1n) is 8.64. The van der Waals surface area contributed by atoms with Gasteiger partial charge in [-0.15, -0.1) is 11.3 Å². The van der Waals surface area contributed by atoms with Crippen molar-refractivity contribution in [3.63, 3.8) is 0 Å². The van der Waals surface area contributed by atoms with Crippen molar-refractivity contribution in [1.82, 2.24) is 14.9 Å². The molecule has 0 saturated carbocycles. The Labute approximate surface area is 155 Å². The van der Waals surface area contributed by atoms with E-state index in [9.17, 15) is 4.79 Å². The minimum atomic E-state index is 0.0241. The van der Waals surface area contributed by atoms with E-state index in [0.29, 0.717) is 11.1 Å². The third-order valence-corrected chi connectivity index (χ3v) is 5.81. The first-order valence-corrected chi connectivity index (χ1v) is 9.52. The summed E-state index contributed by atoms with van der Waals surface area (Å²) in [6.07, 6.45) is 3.59. The zero-order valence-electron chi connectivity index (χ0n) is 14.8. The van der Waals surface area contributed by atoms with Crippen molar-refractivity contribution < 1.29 is 9.47 Å². The smallest absolute Gasteiger partial charge is 0.262 e. The molecule has 7 heteroatoms. The lowest BCUT2D eigenvalue weighted by atomic mass is 10.0. The second-order valence-corrected chi connectivity index (χ2v) is 7.19. The molecule has 4 rings (SSSR count). The van der Waals surface area contributed by atoms with Gasteiger partial charge < -0.3 is 14.8 Å². The molecular weight excluding hydrogens is 350 g/mol. The lowest BCUT2D eigenvalue weighted by Gasteiger charge is -2.24. The summed E-state index contributed by atoms with van der Waals surface area (Å²) >= 11 is 1.48. The van der Waals surface area contributed by atoms with E-state index in [1.165, 1.54) is 11.3 Å². The molecule has 2 aromatic heterocycles. The fourth-order valence-corrected chi connectivity index (χ4v) is 4.41. The molecule has 1 N–H and O–H groups in total. The number of thiophene rings is 1. The number of nitrogens with one attached hydrogen (secondary N) is 1. The van der Waals surface area contributed by atoms with Gasteiger partial charge in [0.2, 0.25) is 0 Å². The topological polar surface area (TPSA) is 65.4 Å². The number of rotatable bonds is 4. The van der Waals surface area contributed by atoms with E-state index in [4.69, 9.17) is 9.47 Å². The van der Waals surface area contributed by atoms with Gasteiger partial charge in [-0.05, 0) is 38.1 Å². The van der Waals surface area contributed by atoms with Gasteiger partial charge in [-0.2, -0.15) is 0 Å². The summed E-state index contributed by atoms with van der Waals surface area (Å²) in [5.41, 5.74) is 1.77. The number of fused-ring (bicyclic) bond motifs is 1. The number of piperidine rings is 1. The summed E-state index contributed by atoms with van der Waals surface area (Å²) in [6, 6.07) is 5.84. The zero-order valence-corrected chi connectivity index (χ0v) is 15.6. The maximum Gasteiger partial charge on any atom is 0.262 e. The Bertz CT molecular complexity index is 989. The number of benzene rings is 1. The van der Waals surface area contributed by atoms with Crippen LogP contribution in [0, 0.1) is 0 Å². The molecule has 26 heavy (non-hydrogen) atoms. The van der Waals surface area contributed by atoms with Crippen LogP contribution in [-0.4, -0.2) is 36.9 Å². The summed E-state index contributed by atoms with van der Waals surface area (Å²) in [7, 11) is 3.24. The molecule has 0 aliphatic carbocycles. The van der Waals surface area contributed by atoms with Crippen molar-refractivity contribution in [3.05, 3.63) is 40.3 Å². The Morgan fingerprint density at radius 2 is 2.00 bits per heavy atom. The Hall–Kier alpha value is -2.38. The molecule has 1 fully saturated rings. The van der Waals surface area contributed by atoms with E-state index < -0.39 is 0 Å². The lowest BCUT2D eigenvalue weighted by molar-refractivity contribution is 0.359. The molecule has 0 radical (unpaired) electrons.